The van der Waals surface area contributed by atoms with Crippen LogP contribution in [0.3, 0.4) is 0 Å². The van der Waals surface area contributed by atoms with Gasteiger partial charge in [0.25, 0.3) is 5.95 Å². The number of aromatic nitrogens is 1. The molecule has 0 spiro atoms. The molecule has 0 bridgehead atoms. The lowest BCUT2D eigenvalue weighted by molar-refractivity contribution is -0.115. The number of nitrogens with zero attached hydrogens (tertiary/aromatic N) is 3. The largest absolute Gasteiger partial charge is 0.497 e. The maximum atomic E-state index is 12.9. The Morgan fingerprint density at radius 2 is 2.03 bits per heavy atom. The molecule has 0 aliphatic carbocycles. The minimum atomic E-state index is -0.588. The lowest BCUT2D eigenvalue weighted by Crippen LogP contribution is -2.15. The molecule has 2 N–H and O–H groups in total. The summed E-state index contributed by atoms with van der Waals surface area (Å²) >= 11 is 4.06. The van der Waals surface area contributed by atoms with Crippen molar-refractivity contribution in [1.82, 2.24) is 4.98 Å². The Morgan fingerprint density at radius 3 is 2.69 bits per heavy atom. The summed E-state index contributed by atoms with van der Waals surface area (Å²) in [6.07, 6.45) is -0.0594. The summed E-state index contributed by atoms with van der Waals surface area (Å²) in [5.74, 6) is -0.614. The number of carbonyl (C=O) groups excluding carboxylic acids is 1. The smallest absolute Gasteiger partial charge is 0.298 e. The fourth-order valence-electron chi connectivity index (χ4n) is 3.80. The summed E-state index contributed by atoms with van der Waals surface area (Å²) in [4.78, 5) is 18.8. The van der Waals surface area contributed by atoms with E-state index in [9.17, 15) is 20.4 Å². The molecule has 1 unspecified atom stereocenters. The molecule has 4 heterocycles. The second kappa shape index (κ2) is 9.84. The molecule has 0 saturated carbocycles. The van der Waals surface area contributed by atoms with E-state index in [0.717, 1.165) is 16.0 Å². The van der Waals surface area contributed by atoms with Gasteiger partial charge in [0, 0.05) is 15.8 Å². The molecule has 1 aliphatic rings. The number of fused-ring (bicyclic) bond motifs is 1. The molecule has 4 aromatic rings. The molecule has 11 heteroatoms. The Balaban J connectivity index is 1.39. The van der Waals surface area contributed by atoms with Crippen LogP contribution in [0.25, 0.3) is 10.4 Å². The zero-order valence-corrected chi connectivity index (χ0v) is 21.1. The average molecular weight is 533 g/mol. The first-order valence-electron chi connectivity index (χ1n) is 10.5. The number of ether oxygens (including phenoxy) is 2. The zero-order chi connectivity index (χ0) is 25.2. The topological polar surface area (TPSA) is 128 Å². The molecule has 36 heavy (non-hydrogen) atoms. The van der Waals surface area contributed by atoms with Crippen molar-refractivity contribution >= 4 is 44.9 Å². The van der Waals surface area contributed by atoms with Crippen LogP contribution in [-0.2, 0) is 11.2 Å². The van der Waals surface area contributed by atoms with Crippen LogP contribution in [0.2, 0.25) is 0 Å². The second-order valence-electron chi connectivity index (χ2n) is 7.58. The van der Waals surface area contributed by atoms with Crippen molar-refractivity contribution < 1.29 is 19.4 Å². The highest BCUT2D eigenvalue weighted by Gasteiger charge is 2.35. The highest BCUT2D eigenvalue weighted by molar-refractivity contribution is 7.17. The predicted octanol–water partition coefficient (Wildman–Crippen LogP) is 5.81. The number of aliphatic hydroxyl groups is 1. The van der Waals surface area contributed by atoms with Gasteiger partial charge in [-0.2, -0.15) is 10.5 Å². The number of nitrogens with one attached hydrogen (secondary N) is 1. The number of thiazole rings is 1. The van der Waals surface area contributed by atoms with Crippen LogP contribution in [0.15, 0.2) is 58.7 Å². The number of thiophene rings is 2. The molecule has 0 fully saturated rings. The molecular weight excluding hydrogens is 517 g/mol. The molecule has 0 saturated heterocycles. The number of nitriles is 2. The average Bonchev–Trinajstić information content (AvgIpc) is 3.62. The molecule has 1 aliphatic heterocycles. The Bertz CT molecular complexity index is 1550. The van der Waals surface area contributed by atoms with E-state index in [0.29, 0.717) is 26.2 Å². The number of methoxy groups -OCH3 is 1. The third-order valence-corrected chi connectivity index (χ3v) is 8.36. The van der Waals surface area contributed by atoms with Gasteiger partial charge in [-0.05, 0) is 29.1 Å². The highest BCUT2D eigenvalue weighted by atomic mass is 32.1. The van der Waals surface area contributed by atoms with Gasteiger partial charge in [0.15, 0.2) is 0 Å². The van der Waals surface area contributed by atoms with Gasteiger partial charge >= 0.3 is 0 Å². The molecule has 1 atom stereocenters. The van der Waals surface area contributed by atoms with Gasteiger partial charge in [-0.1, -0.05) is 18.2 Å². The van der Waals surface area contributed by atoms with E-state index in [1.165, 1.54) is 34.0 Å². The van der Waals surface area contributed by atoms with E-state index in [2.05, 4.69) is 16.4 Å². The minimum absolute atomic E-state index is 0.0594. The maximum Gasteiger partial charge on any atom is 0.298 e. The van der Waals surface area contributed by atoms with Crippen LogP contribution in [-0.4, -0.2) is 23.1 Å². The summed E-state index contributed by atoms with van der Waals surface area (Å²) in [5, 5.41) is 37.2. The van der Waals surface area contributed by atoms with Crippen molar-refractivity contribution in [3.05, 3.63) is 79.7 Å². The Kier molecular flexibility index (Phi) is 6.44. The fraction of sp³-hybridized carbons (Fsp3) is 0.120. The number of carbonyl (C=O) groups is 1. The van der Waals surface area contributed by atoms with Crippen LogP contribution in [0.5, 0.6) is 11.6 Å². The molecule has 8 nitrogen and oxygen atoms in total. The number of aliphatic hydroxyl groups excluding tert-OH is 1. The number of benzene rings is 1. The standard InChI is InChI=1S/C25H16N4O4S3/c1-32-14-6-4-13(5-7-14)21-16(11-27)25(31)33-23-22(21)36-20(29-23)9-19(30)28-24-15(10-26)17(12-35-24)18-3-2-8-34-18/h2-8,12,21,31H,9H2,1H3,(H,28,30). The predicted molar refractivity (Wildman–Crippen MR) is 138 cm³/mol. The van der Waals surface area contributed by atoms with E-state index in [1.807, 2.05) is 29.0 Å². The van der Waals surface area contributed by atoms with Gasteiger partial charge in [0.05, 0.1) is 29.9 Å². The fourth-order valence-corrected chi connectivity index (χ4v) is 6.69. The van der Waals surface area contributed by atoms with E-state index in [4.69, 9.17) is 9.47 Å². The summed E-state index contributed by atoms with van der Waals surface area (Å²) < 4.78 is 10.6. The summed E-state index contributed by atoms with van der Waals surface area (Å²) in [6.45, 7) is 0. The van der Waals surface area contributed by atoms with Crippen LogP contribution in [0, 0.1) is 22.7 Å². The van der Waals surface area contributed by atoms with Crippen molar-refractivity contribution in [2.45, 2.75) is 12.3 Å². The number of hydrogen-bond acceptors (Lipinski definition) is 10. The van der Waals surface area contributed by atoms with Crippen molar-refractivity contribution in [2.75, 3.05) is 12.4 Å². The van der Waals surface area contributed by atoms with Crippen LogP contribution in [0.1, 0.15) is 26.9 Å². The van der Waals surface area contributed by atoms with E-state index in [-0.39, 0.29) is 23.8 Å². The number of allylic oxidation sites excluding steroid dienone is 1. The Hall–Kier alpha value is -4.16. The van der Waals surface area contributed by atoms with Gasteiger partial charge in [0.1, 0.15) is 33.5 Å². The number of anilines is 1. The lowest BCUT2D eigenvalue weighted by Gasteiger charge is -2.21. The second-order valence-corrected chi connectivity index (χ2v) is 10.5. The summed E-state index contributed by atoms with van der Waals surface area (Å²) in [7, 11) is 1.56. The first kappa shape index (κ1) is 23.6. The molecule has 1 aromatic carbocycles. The van der Waals surface area contributed by atoms with Crippen molar-refractivity contribution in [3.8, 4) is 34.2 Å². The van der Waals surface area contributed by atoms with Crippen LogP contribution >= 0.6 is 34.0 Å². The van der Waals surface area contributed by atoms with Crippen LogP contribution < -0.4 is 14.8 Å². The number of amides is 1. The first-order valence-corrected chi connectivity index (χ1v) is 13.1. The van der Waals surface area contributed by atoms with Crippen molar-refractivity contribution in [3.63, 3.8) is 0 Å². The number of hydrogen-bond donors (Lipinski definition) is 2. The summed E-state index contributed by atoms with van der Waals surface area (Å²) in [5.41, 5.74) is 2.02. The Labute approximate surface area is 217 Å². The van der Waals surface area contributed by atoms with E-state index >= 15 is 0 Å². The van der Waals surface area contributed by atoms with Gasteiger partial charge in [-0.3, -0.25) is 4.79 Å². The van der Waals surface area contributed by atoms with Gasteiger partial charge in [-0.25, -0.2) is 4.98 Å². The molecule has 0 radical (unpaired) electrons. The molecular formula is C25H16N4O4S3. The Morgan fingerprint density at radius 1 is 1.22 bits per heavy atom. The molecule has 1 amide bonds. The van der Waals surface area contributed by atoms with E-state index < -0.39 is 11.9 Å². The SMILES string of the molecule is COc1ccc(C2C(C#N)=C(O)Oc3nc(CC(=O)Nc4scc(-c5cccs5)c4C#N)sc32)cc1. The van der Waals surface area contributed by atoms with Crippen molar-refractivity contribution in [2.24, 2.45) is 0 Å². The normalized spacial score (nSPS) is 14.4. The third-order valence-electron chi connectivity index (χ3n) is 5.46. The monoisotopic (exact) mass is 532 g/mol. The van der Waals surface area contributed by atoms with Crippen LogP contribution in [0.4, 0.5) is 5.00 Å². The highest BCUT2D eigenvalue weighted by Crippen LogP contribution is 2.46. The van der Waals surface area contributed by atoms with Gasteiger partial charge in [-0.15, -0.1) is 34.0 Å². The van der Waals surface area contributed by atoms with Gasteiger partial charge in [0.2, 0.25) is 11.8 Å². The number of rotatable bonds is 6. The van der Waals surface area contributed by atoms with Crippen molar-refractivity contribution in [1.29, 1.82) is 10.5 Å². The summed E-state index contributed by atoms with van der Waals surface area (Å²) in [6, 6.07) is 15.2. The molecule has 5 rings (SSSR count). The van der Waals surface area contributed by atoms with Gasteiger partial charge < -0.3 is 19.9 Å². The molecule has 178 valence electrons. The lowest BCUT2D eigenvalue weighted by atomic mass is 9.89. The third kappa shape index (κ3) is 4.32. The van der Waals surface area contributed by atoms with E-state index in [1.54, 1.807) is 31.4 Å². The first-order chi connectivity index (χ1) is 17.5. The molecule has 3 aromatic heterocycles. The minimum Gasteiger partial charge on any atom is -0.497 e. The quantitative estimate of drug-likeness (QED) is 0.320. The maximum absolute atomic E-state index is 12.9. The zero-order valence-electron chi connectivity index (χ0n) is 18.6.